The van der Waals surface area contributed by atoms with E-state index in [9.17, 15) is 0 Å². The van der Waals surface area contributed by atoms with E-state index in [1.54, 1.807) is 0 Å². The van der Waals surface area contributed by atoms with Crippen LogP contribution in [0.4, 0.5) is 0 Å². The maximum absolute atomic E-state index is 3.88. The highest BCUT2D eigenvalue weighted by Crippen LogP contribution is 2.19. The van der Waals surface area contributed by atoms with Crippen molar-refractivity contribution in [2.75, 3.05) is 19.6 Å². The van der Waals surface area contributed by atoms with Crippen molar-refractivity contribution in [3.63, 3.8) is 0 Å². The molecule has 1 aliphatic heterocycles. The van der Waals surface area contributed by atoms with Crippen molar-refractivity contribution < 1.29 is 0 Å². The minimum atomic E-state index is 0.816. The maximum atomic E-state index is 3.88. The van der Waals surface area contributed by atoms with Crippen molar-refractivity contribution in [2.24, 2.45) is 0 Å². The predicted octanol–water partition coefficient (Wildman–Crippen LogP) is 2.39. The van der Waals surface area contributed by atoms with Gasteiger partial charge in [-0.2, -0.15) is 0 Å². The Kier molecular flexibility index (Phi) is 4.45. The third kappa shape index (κ3) is 3.46. The van der Waals surface area contributed by atoms with Crippen LogP contribution < -0.4 is 5.32 Å². The number of nitrogens with zero attached hydrogens (tertiary/aromatic N) is 1. The summed E-state index contributed by atoms with van der Waals surface area (Å²) in [6.45, 7) is 6.12. The largest absolute Gasteiger partial charge is 0.311 e. The molecule has 0 amide bonds. The molecule has 1 heterocycles. The van der Waals surface area contributed by atoms with Crippen LogP contribution in [0.3, 0.4) is 0 Å². The minimum Gasteiger partial charge on any atom is -0.311 e. The molecule has 1 saturated carbocycles. The van der Waals surface area contributed by atoms with Crippen molar-refractivity contribution >= 4 is 0 Å². The van der Waals surface area contributed by atoms with Crippen LogP contribution in [0.5, 0.6) is 0 Å². The molecule has 88 valence electrons. The van der Waals surface area contributed by atoms with Crippen molar-refractivity contribution in [3.05, 3.63) is 0 Å². The predicted molar refractivity (Wildman–Crippen MR) is 65.1 cm³/mol. The summed E-state index contributed by atoms with van der Waals surface area (Å²) in [6, 6.07) is 1.66. The lowest BCUT2D eigenvalue weighted by Gasteiger charge is -2.35. The fourth-order valence-corrected chi connectivity index (χ4v) is 3.02. The molecule has 0 unspecified atom stereocenters. The lowest BCUT2D eigenvalue weighted by molar-refractivity contribution is 0.191. The van der Waals surface area contributed by atoms with E-state index in [0.717, 1.165) is 12.1 Å². The highest BCUT2D eigenvalue weighted by Gasteiger charge is 2.21. The monoisotopic (exact) mass is 210 g/mol. The molecule has 0 atom stereocenters. The van der Waals surface area contributed by atoms with Crippen molar-refractivity contribution in [2.45, 2.75) is 64.0 Å². The number of hydrogen-bond donors (Lipinski definition) is 1. The molecule has 0 spiro atoms. The molecule has 2 heteroatoms. The lowest BCUT2D eigenvalue weighted by Crippen LogP contribution is -2.46. The zero-order valence-electron chi connectivity index (χ0n) is 10.2. The van der Waals surface area contributed by atoms with E-state index in [1.807, 2.05) is 0 Å². The Bertz CT molecular complexity index is 167. The summed E-state index contributed by atoms with van der Waals surface area (Å²) in [7, 11) is 0. The molecule has 0 radical (unpaired) electrons. The lowest BCUT2D eigenvalue weighted by atomic mass is 9.93. The number of nitrogens with one attached hydrogen (secondary N) is 1. The normalized spacial score (nSPS) is 27.0. The summed E-state index contributed by atoms with van der Waals surface area (Å²) in [5.74, 6) is 0. The molecule has 2 nitrogen and oxygen atoms in total. The summed E-state index contributed by atoms with van der Waals surface area (Å²) >= 11 is 0. The van der Waals surface area contributed by atoms with E-state index in [2.05, 4.69) is 17.1 Å². The van der Waals surface area contributed by atoms with Crippen LogP contribution in [0.15, 0.2) is 0 Å². The molecule has 0 aromatic rings. The van der Waals surface area contributed by atoms with Gasteiger partial charge in [-0.1, -0.05) is 26.2 Å². The van der Waals surface area contributed by atoms with Gasteiger partial charge in [0.15, 0.2) is 0 Å². The molecular formula is C13H26N2. The highest BCUT2D eigenvalue weighted by molar-refractivity contribution is 4.81. The van der Waals surface area contributed by atoms with Crippen LogP contribution >= 0.6 is 0 Å². The molecule has 2 fully saturated rings. The Morgan fingerprint density at radius 2 is 1.53 bits per heavy atom. The van der Waals surface area contributed by atoms with E-state index < -0.39 is 0 Å². The Labute approximate surface area is 94.4 Å². The van der Waals surface area contributed by atoms with E-state index in [0.29, 0.717) is 0 Å². The fourth-order valence-electron chi connectivity index (χ4n) is 3.02. The standard InChI is InChI=1S/C13H26N2/c1-2-15-10-8-13(9-11-15)14-12-6-4-3-5-7-12/h12-14H,2-11H2,1H3. The third-order valence-electron chi connectivity index (χ3n) is 4.11. The van der Waals surface area contributed by atoms with Gasteiger partial charge in [0, 0.05) is 12.1 Å². The van der Waals surface area contributed by atoms with Gasteiger partial charge >= 0.3 is 0 Å². The number of piperidine rings is 1. The maximum Gasteiger partial charge on any atom is 0.00940 e. The smallest absolute Gasteiger partial charge is 0.00940 e. The zero-order chi connectivity index (χ0) is 10.5. The fraction of sp³-hybridized carbons (Fsp3) is 1.00. The summed E-state index contributed by atoms with van der Waals surface area (Å²) in [6.07, 6.45) is 9.94. The van der Waals surface area contributed by atoms with Crippen molar-refractivity contribution in [3.8, 4) is 0 Å². The molecule has 0 aromatic heterocycles. The molecule has 1 aliphatic carbocycles. The van der Waals surface area contributed by atoms with Crippen LogP contribution in [0.2, 0.25) is 0 Å². The first-order valence-electron chi connectivity index (χ1n) is 6.87. The zero-order valence-corrected chi connectivity index (χ0v) is 10.2. The second-order valence-corrected chi connectivity index (χ2v) is 5.21. The second-order valence-electron chi connectivity index (χ2n) is 5.21. The van der Waals surface area contributed by atoms with Crippen LogP contribution in [0.1, 0.15) is 51.9 Å². The Morgan fingerprint density at radius 1 is 0.933 bits per heavy atom. The Hall–Kier alpha value is -0.0800. The first-order chi connectivity index (χ1) is 7.38. The summed E-state index contributed by atoms with van der Waals surface area (Å²) in [4.78, 5) is 2.57. The Balaban J connectivity index is 1.67. The molecule has 0 aromatic carbocycles. The molecule has 1 N–H and O–H groups in total. The van der Waals surface area contributed by atoms with Crippen LogP contribution in [0, 0.1) is 0 Å². The molecule has 0 bridgehead atoms. The van der Waals surface area contributed by atoms with Crippen molar-refractivity contribution in [1.82, 2.24) is 10.2 Å². The SMILES string of the molecule is CCN1CCC(NC2CCCCC2)CC1. The highest BCUT2D eigenvalue weighted by atomic mass is 15.1. The van der Waals surface area contributed by atoms with Gasteiger partial charge < -0.3 is 10.2 Å². The summed E-state index contributed by atoms with van der Waals surface area (Å²) < 4.78 is 0. The van der Waals surface area contributed by atoms with Crippen molar-refractivity contribution in [1.29, 1.82) is 0 Å². The van der Waals surface area contributed by atoms with Gasteiger partial charge in [-0.25, -0.2) is 0 Å². The molecule has 15 heavy (non-hydrogen) atoms. The Morgan fingerprint density at radius 3 is 2.13 bits per heavy atom. The third-order valence-corrected chi connectivity index (χ3v) is 4.11. The van der Waals surface area contributed by atoms with Crippen LogP contribution in [-0.2, 0) is 0 Å². The van der Waals surface area contributed by atoms with Crippen LogP contribution in [0.25, 0.3) is 0 Å². The number of hydrogen-bond acceptors (Lipinski definition) is 2. The van der Waals surface area contributed by atoms with Gasteiger partial charge in [-0.3, -0.25) is 0 Å². The van der Waals surface area contributed by atoms with Gasteiger partial charge in [0.25, 0.3) is 0 Å². The molecule has 2 aliphatic rings. The van der Waals surface area contributed by atoms with Gasteiger partial charge in [0.1, 0.15) is 0 Å². The van der Waals surface area contributed by atoms with Gasteiger partial charge in [-0.15, -0.1) is 0 Å². The first-order valence-corrected chi connectivity index (χ1v) is 6.87. The number of likely N-dealkylation sites (tertiary alicyclic amines) is 1. The van der Waals surface area contributed by atoms with Gasteiger partial charge in [0.05, 0.1) is 0 Å². The average molecular weight is 210 g/mol. The van der Waals surface area contributed by atoms with Gasteiger partial charge in [0.2, 0.25) is 0 Å². The van der Waals surface area contributed by atoms with E-state index in [4.69, 9.17) is 0 Å². The van der Waals surface area contributed by atoms with E-state index in [-0.39, 0.29) is 0 Å². The molecule has 2 rings (SSSR count). The van der Waals surface area contributed by atoms with E-state index in [1.165, 1.54) is 64.6 Å². The quantitative estimate of drug-likeness (QED) is 0.769. The van der Waals surface area contributed by atoms with Crippen LogP contribution in [-0.4, -0.2) is 36.6 Å². The van der Waals surface area contributed by atoms with E-state index >= 15 is 0 Å². The second kappa shape index (κ2) is 5.86. The van der Waals surface area contributed by atoms with Gasteiger partial charge in [-0.05, 0) is 45.3 Å². The first kappa shape index (κ1) is 11.4. The minimum absolute atomic E-state index is 0.816. The molecular weight excluding hydrogens is 184 g/mol. The topological polar surface area (TPSA) is 15.3 Å². The average Bonchev–Trinajstić information content (AvgIpc) is 2.31. The number of rotatable bonds is 3. The molecule has 1 saturated heterocycles. The summed E-state index contributed by atoms with van der Waals surface area (Å²) in [5.41, 5.74) is 0. The summed E-state index contributed by atoms with van der Waals surface area (Å²) in [5, 5.41) is 3.88.